The number of hydrogen-bond acceptors (Lipinski definition) is 2. The predicted octanol–water partition coefficient (Wildman–Crippen LogP) is -0.135. The molecule has 4 fully saturated rings. The highest BCUT2D eigenvalue weighted by atomic mass is 16.5. The zero-order valence-corrected chi connectivity index (χ0v) is 14.6. The maximum absolute atomic E-state index is 12.8. The summed E-state index contributed by atoms with van der Waals surface area (Å²) in [6.07, 6.45) is 0.675. The van der Waals surface area contributed by atoms with Gasteiger partial charge in [0.2, 0.25) is 6.17 Å². The van der Waals surface area contributed by atoms with Crippen LogP contribution in [0.4, 0.5) is 0 Å². The molecule has 0 unspecified atom stereocenters. The summed E-state index contributed by atoms with van der Waals surface area (Å²) < 4.78 is 5.76. The Morgan fingerprint density at radius 3 is 1.91 bits per heavy atom. The summed E-state index contributed by atoms with van der Waals surface area (Å²) in [5.41, 5.74) is 1.14. The van der Waals surface area contributed by atoms with Crippen LogP contribution in [0.15, 0.2) is 24.3 Å². The smallest absolute Gasteiger partial charge is 0.240 e. The standard InChI is InChI=1S/C19H26N2O2/c1-13(2)23-15-7-5-14(6-8-15)16-20-9-18(3)10-21(16)12-19(4,11-20)17(18)22/h5-8,13,16H,9-12H2,1-4H3/p+2. The Morgan fingerprint density at radius 1 is 1.00 bits per heavy atom. The molecule has 0 amide bonds. The predicted molar refractivity (Wildman–Crippen MR) is 87.6 cm³/mol. The molecule has 0 atom stereocenters. The van der Waals surface area contributed by atoms with E-state index in [1.54, 1.807) is 9.80 Å². The van der Waals surface area contributed by atoms with Crippen LogP contribution in [-0.2, 0) is 4.79 Å². The van der Waals surface area contributed by atoms with E-state index in [0.717, 1.165) is 31.9 Å². The van der Waals surface area contributed by atoms with Gasteiger partial charge in [0.25, 0.3) is 0 Å². The lowest BCUT2D eigenvalue weighted by atomic mass is 9.62. The molecule has 0 radical (unpaired) electrons. The first-order valence-electron chi connectivity index (χ1n) is 8.81. The minimum Gasteiger partial charge on any atom is -0.491 e. The van der Waals surface area contributed by atoms with Crippen LogP contribution in [0, 0.1) is 10.8 Å². The fourth-order valence-electron chi connectivity index (χ4n) is 5.48. The van der Waals surface area contributed by atoms with E-state index < -0.39 is 0 Å². The fraction of sp³-hybridized carbons (Fsp3) is 0.632. The molecular formula is C19H28N2O2+2. The van der Waals surface area contributed by atoms with Gasteiger partial charge in [-0.2, -0.15) is 0 Å². The van der Waals surface area contributed by atoms with Gasteiger partial charge in [-0.05, 0) is 52.0 Å². The van der Waals surface area contributed by atoms with Gasteiger partial charge in [0.15, 0.2) is 5.78 Å². The second kappa shape index (κ2) is 4.81. The highest BCUT2D eigenvalue weighted by Gasteiger charge is 2.68. The van der Waals surface area contributed by atoms with Crippen molar-refractivity contribution in [3.05, 3.63) is 29.8 Å². The molecule has 0 aromatic heterocycles. The number of ketones is 1. The Kier molecular flexibility index (Phi) is 3.17. The number of carbonyl (C=O) groups is 1. The zero-order valence-electron chi connectivity index (χ0n) is 14.6. The number of quaternary nitrogens is 2. The van der Waals surface area contributed by atoms with E-state index in [4.69, 9.17) is 4.74 Å². The molecule has 0 aliphatic carbocycles. The molecule has 4 heterocycles. The molecule has 4 heteroatoms. The topological polar surface area (TPSA) is 35.2 Å². The van der Waals surface area contributed by atoms with E-state index in [9.17, 15) is 4.79 Å². The van der Waals surface area contributed by atoms with Gasteiger partial charge in [0, 0.05) is 0 Å². The molecule has 4 nitrogen and oxygen atoms in total. The van der Waals surface area contributed by atoms with E-state index in [2.05, 4.69) is 52.0 Å². The van der Waals surface area contributed by atoms with Gasteiger partial charge in [-0.25, -0.2) is 0 Å². The van der Waals surface area contributed by atoms with Crippen LogP contribution >= 0.6 is 0 Å². The van der Waals surface area contributed by atoms with Crippen LogP contribution in [-0.4, -0.2) is 38.1 Å². The van der Waals surface area contributed by atoms with Gasteiger partial charge in [0.1, 0.15) is 16.6 Å². The lowest BCUT2D eigenvalue weighted by Gasteiger charge is -2.58. The number of Topliss-reactive ketones (excluding diaryl/α,β-unsaturated/α-hetero) is 1. The molecular weight excluding hydrogens is 288 g/mol. The van der Waals surface area contributed by atoms with Crippen LogP contribution in [0.3, 0.4) is 0 Å². The fourth-order valence-corrected chi connectivity index (χ4v) is 5.48. The van der Waals surface area contributed by atoms with Crippen LogP contribution in [0.5, 0.6) is 5.75 Å². The summed E-state index contributed by atoms with van der Waals surface area (Å²) in [6, 6.07) is 8.63. The minimum atomic E-state index is -0.118. The molecule has 0 saturated carbocycles. The van der Waals surface area contributed by atoms with Crippen molar-refractivity contribution in [2.24, 2.45) is 10.8 Å². The third kappa shape index (κ3) is 2.23. The Balaban J connectivity index is 1.61. The second-order valence-electron chi connectivity index (χ2n) is 8.64. The molecule has 2 N–H and O–H groups in total. The van der Waals surface area contributed by atoms with Crippen molar-refractivity contribution < 1.29 is 19.3 Å². The van der Waals surface area contributed by atoms with Crippen molar-refractivity contribution >= 4 is 5.78 Å². The number of benzene rings is 1. The van der Waals surface area contributed by atoms with Crippen molar-refractivity contribution in [1.29, 1.82) is 0 Å². The van der Waals surface area contributed by atoms with E-state index >= 15 is 0 Å². The van der Waals surface area contributed by atoms with Crippen LogP contribution in [0.25, 0.3) is 0 Å². The lowest BCUT2D eigenvalue weighted by molar-refractivity contribution is -1.18. The molecule has 4 aliphatic heterocycles. The molecule has 124 valence electrons. The zero-order chi connectivity index (χ0) is 16.4. The first-order valence-corrected chi connectivity index (χ1v) is 8.81. The number of carbonyl (C=O) groups excluding carboxylic acids is 1. The average Bonchev–Trinajstić information content (AvgIpc) is 2.44. The van der Waals surface area contributed by atoms with Crippen LogP contribution < -0.4 is 14.5 Å². The second-order valence-corrected chi connectivity index (χ2v) is 8.64. The monoisotopic (exact) mass is 316 g/mol. The molecule has 23 heavy (non-hydrogen) atoms. The van der Waals surface area contributed by atoms with Gasteiger partial charge >= 0.3 is 0 Å². The SMILES string of the molecule is CC(C)Oc1ccc(C2[NH+]3CC4(C)C[NH+]2CC(C)(C3)C4=O)cc1. The summed E-state index contributed by atoms with van der Waals surface area (Å²) in [7, 11) is 0. The van der Waals surface area contributed by atoms with Gasteiger partial charge in [0.05, 0.1) is 37.8 Å². The molecule has 1 aromatic rings. The molecule has 1 aromatic carbocycles. The summed E-state index contributed by atoms with van der Waals surface area (Å²) in [4.78, 5) is 15.9. The highest BCUT2D eigenvalue weighted by Crippen LogP contribution is 2.36. The quantitative estimate of drug-likeness (QED) is 0.814. The Bertz CT molecular complexity index is 597. The third-order valence-corrected chi connectivity index (χ3v) is 5.97. The summed E-state index contributed by atoms with van der Waals surface area (Å²) in [5.74, 6) is 1.45. The number of piperidine rings is 2. The van der Waals surface area contributed by atoms with E-state index in [-0.39, 0.29) is 16.9 Å². The molecule has 0 spiro atoms. The Labute approximate surface area is 138 Å². The highest BCUT2D eigenvalue weighted by molar-refractivity contribution is 5.91. The average molecular weight is 316 g/mol. The van der Waals surface area contributed by atoms with Gasteiger partial charge in [-0.15, -0.1) is 0 Å². The number of hydrogen-bond donors (Lipinski definition) is 2. The first kappa shape index (κ1) is 15.2. The lowest BCUT2D eigenvalue weighted by Crippen LogP contribution is -3.41. The first-order chi connectivity index (χ1) is 10.8. The number of rotatable bonds is 3. The third-order valence-electron chi connectivity index (χ3n) is 5.97. The van der Waals surface area contributed by atoms with Crippen molar-refractivity contribution in [3.63, 3.8) is 0 Å². The molecule has 5 rings (SSSR count). The van der Waals surface area contributed by atoms with E-state index in [1.165, 1.54) is 5.56 Å². The Morgan fingerprint density at radius 2 is 1.48 bits per heavy atom. The maximum atomic E-state index is 12.8. The van der Waals surface area contributed by atoms with E-state index in [0.29, 0.717) is 11.9 Å². The van der Waals surface area contributed by atoms with Crippen molar-refractivity contribution in [1.82, 2.24) is 0 Å². The van der Waals surface area contributed by atoms with Crippen LogP contribution in [0.2, 0.25) is 0 Å². The summed E-state index contributed by atoms with van der Waals surface area (Å²) in [6.45, 7) is 12.4. The van der Waals surface area contributed by atoms with Crippen LogP contribution in [0.1, 0.15) is 39.4 Å². The summed E-state index contributed by atoms with van der Waals surface area (Å²) in [5, 5.41) is 0. The number of ether oxygens (including phenoxy) is 1. The van der Waals surface area contributed by atoms with Gasteiger partial charge in [-0.3, -0.25) is 14.6 Å². The van der Waals surface area contributed by atoms with Crippen molar-refractivity contribution in [2.75, 3.05) is 26.2 Å². The molecule has 4 saturated heterocycles. The normalized spacial score (nSPS) is 41.6. The minimum absolute atomic E-state index is 0.118. The maximum Gasteiger partial charge on any atom is 0.240 e. The Hall–Kier alpha value is -1.39. The van der Waals surface area contributed by atoms with Crippen molar-refractivity contribution in [3.8, 4) is 5.75 Å². The number of nitrogens with one attached hydrogen (secondary N) is 2. The van der Waals surface area contributed by atoms with Gasteiger partial charge < -0.3 is 4.74 Å². The van der Waals surface area contributed by atoms with Crippen molar-refractivity contribution in [2.45, 2.75) is 40.0 Å². The van der Waals surface area contributed by atoms with E-state index in [1.807, 2.05) is 0 Å². The largest absolute Gasteiger partial charge is 0.491 e. The molecule has 4 bridgehead atoms. The summed E-state index contributed by atoms with van der Waals surface area (Å²) >= 11 is 0. The van der Waals surface area contributed by atoms with Gasteiger partial charge in [-0.1, -0.05) is 0 Å². The molecule has 4 aliphatic rings.